The number of nitrogens with one attached hydrogen (secondary N) is 1. The molecule has 1 rings (SSSR count). The standard InChI is InChI=1S/C13H25N3OS/c1-4-13(5-2,11(14)18)12(17)15-8-10-6-7-16(3)9-10/h10H,4-9H2,1-3H3,(H2,14,18)(H,15,17). The third-order valence-electron chi connectivity index (χ3n) is 4.15. The molecule has 0 saturated carbocycles. The highest BCUT2D eigenvalue weighted by Crippen LogP contribution is 2.27. The first-order valence-corrected chi connectivity index (χ1v) is 7.13. The molecular weight excluding hydrogens is 246 g/mol. The Balaban J connectivity index is 2.55. The third kappa shape index (κ3) is 3.20. The van der Waals surface area contributed by atoms with Crippen molar-refractivity contribution in [1.82, 2.24) is 10.2 Å². The van der Waals surface area contributed by atoms with Gasteiger partial charge in [-0.25, -0.2) is 0 Å². The van der Waals surface area contributed by atoms with Crippen molar-refractivity contribution >= 4 is 23.1 Å². The van der Waals surface area contributed by atoms with Crippen LogP contribution < -0.4 is 11.1 Å². The maximum atomic E-state index is 12.3. The molecule has 0 aromatic carbocycles. The number of carbonyl (C=O) groups excluding carboxylic acids is 1. The lowest BCUT2D eigenvalue weighted by Crippen LogP contribution is -2.49. The van der Waals surface area contributed by atoms with E-state index in [1.807, 2.05) is 13.8 Å². The number of amides is 1. The third-order valence-corrected chi connectivity index (χ3v) is 4.54. The Labute approximate surface area is 115 Å². The molecule has 3 N–H and O–H groups in total. The van der Waals surface area contributed by atoms with Crippen molar-refractivity contribution in [2.75, 3.05) is 26.7 Å². The molecule has 5 heteroatoms. The second kappa shape index (κ2) is 6.48. The quantitative estimate of drug-likeness (QED) is 0.712. The van der Waals surface area contributed by atoms with Crippen LogP contribution in [-0.4, -0.2) is 42.5 Å². The zero-order chi connectivity index (χ0) is 13.8. The van der Waals surface area contributed by atoms with E-state index in [1.54, 1.807) is 0 Å². The van der Waals surface area contributed by atoms with Crippen molar-refractivity contribution in [2.24, 2.45) is 17.1 Å². The Morgan fingerprint density at radius 2 is 2.11 bits per heavy atom. The van der Waals surface area contributed by atoms with E-state index in [2.05, 4.69) is 17.3 Å². The Bertz CT molecular complexity index is 315. The van der Waals surface area contributed by atoms with Crippen LogP contribution in [0.25, 0.3) is 0 Å². The Hall–Kier alpha value is -0.680. The van der Waals surface area contributed by atoms with E-state index in [-0.39, 0.29) is 5.91 Å². The molecule has 0 bridgehead atoms. The number of nitrogens with zero attached hydrogens (tertiary/aromatic N) is 1. The maximum absolute atomic E-state index is 12.3. The predicted octanol–water partition coefficient (Wildman–Crippen LogP) is 1.15. The summed E-state index contributed by atoms with van der Waals surface area (Å²) in [5.74, 6) is 0.547. The van der Waals surface area contributed by atoms with E-state index in [0.717, 1.165) is 26.1 Å². The van der Waals surface area contributed by atoms with Crippen LogP contribution in [0.4, 0.5) is 0 Å². The molecule has 0 aromatic rings. The number of hydrogen-bond acceptors (Lipinski definition) is 3. The van der Waals surface area contributed by atoms with Gasteiger partial charge in [-0.05, 0) is 38.8 Å². The molecule has 0 aliphatic carbocycles. The summed E-state index contributed by atoms with van der Waals surface area (Å²) >= 11 is 5.08. The first-order chi connectivity index (χ1) is 8.46. The molecule has 1 heterocycles. The average molecular weight is 271 g/mol. The fraction of sp³-hybridized carbons (Fsp3) is 0.846. The summed E-state index contributed by atoms with van der Waals surface area (Å²) in [6.07, 6.45) is 2.47. The second-order valence-electron chi connectivity index (χ2n) is 5.28. The van der Waals surface area contributed by atoms with E-state index < -0.39 is 5.41 Å². The highest BCUT2D eigenvalue weighted by atomic mass is 32.1. The molecular formula is C13H25N3OS. The zero-order valence-electron chi connectivity index (χ0n) is 11.7. The van der Waals surface area contributed by atoms with Gasteiger partial charge in [-0.15, -0.1) is 0 Å². The normalized spacial score (nSPS) is 20.9. The summed E-state index contributed by atoms with van der Waals surface area (Å²) in [6, 6.07) is 0. The molecule has 1 aliphatic heterocycles. The van der Waals surface area contributed by atoms with Gasteiger partial charge in [-0.2, -0.15) is 0 Å². The SMILES string of the molecule is CCC(CC)(C(=O)NCC1CCN(C)C1)C(N)=S. The first kappa shape index (κ1) is 15.4. The molecule has 1 amide bonds. The van der Waals surface area contributed by atoms with Gasteiger partial charge in [0.1, 0.15) is 0 Å². The Morgan fingerprint density at radius 3 is 2.50 bits per heavy atom. The minimum Gasteiger partial charge on any atom is -0.392 e. The number of thiocarbonyl (C=S) groups is 1. The van der Waals surface area contributed by atoms with E-state index in [9.17, 15) is 4.79 Å². The van der Waals surface area contributed by atoms with Crippen molar-refractivity contribution < 1.29 is 4.79 Å². The number of hydrogen-bond donors (Lipinski definition) is 2. The predicted molar refractivity (Wildman–Crippen MR) is 78.4 cm³/mol. The van der Waals surface area contributed by atoms with Gasteiger partial charge in [0.05, 0.1) is 10.4 Å². The Kier molecular flexibility index (Phi) is 5.53. The van der Waals surface area contributed by atoms with Crippen LogP contribution in [0.5, 0.6) is 0 Å². The van der Waals surface area contributed by atoms with Gasteiger partial charge in [0, 0.05) is 13.1 Å². The molecule has 1 aliphatic rings. The first-order valence-electron chi connectivity index (χ1n) is 6.73. The highest BCUT2D eigenvalue weighted by molar-refractivity contribution is 7.80. The van der Waals surface area contributed by atoms with Crippen LogP contribution in [0.3, 0.4) is 0 Å². The van der Waals surface area contributed by atoms with Gasteiger partial charge in [-0.1, -0.05) is 26.1 Å². The minimum absolute atomic E-state index is 0.00504. The van der Waals surface area contributed by atoms with E-state index in [4.69, 9.17) is 18.0 Å². The van der Waals surface area contributed by atoms with Gasteiger partial charge in [0.25, 0.3) is 0 Å². The lowest BCUT2D eigenvalue weighted by Gasteiger charge is -2.29. The summed E-state index contributed by atoms with van der Waals surface area (Å²) in [7, 11) is 2.11. The van der Waals surface area contributed by atoms with Gasteiger partial charge in [0.15, 0.2) is 0 Å². The molecule has 1 unspecified atom stereocenters. The topological polar surface area (TPSA) is 58.4 Å². The average Bonchev–Trinajstić information content (AvgIpc) is 2.74. The van der Waals surface area contributed by atoms with Crippen LogP contribution in [0.15, 0.2) is 0 Å². The molecule has 0 aromatic heterocycles. The van der Waals surface area contributed by atoms with Crippen LogP contribution >= 0.6 is 12.2 Å². The van der Waals surface area contributed by atoms with Crippen LogP contribution in [0.1, 0.15) is 33.1 Å². The molecule has 0 radical (unpaired) electrons. The molecule has 18 heavy (non-hydrogen) atoms. The fourth-order valence-electron chi connectivity index (χ4n) is 2.63. The van der Waals surface area contributed by atoms with E-state index in [1.165, 1.54) is 0 Å². The Morgan fingerprint density at radius 1 is 1.50 bits per heavy atom. The smallest absolute Gasteiger partial charge is 0.233 e. The van der Waals surface area contributed by atoms with Crippen molar-refractivity contribution in [3.05, 3.63) is 0 Å². The number of carbonyl (C=O) groups is 1. The van der Waals surface area contributed by atoms with Crippen molar-refractivity contribution in [1.29, 1.82) is 0 Å². The lowest BCUT2D eigenvalue weighted by molar-refractivity contribution is -0.128. The molecule has 4 nitrogen and oxygen atoms in total. The van der Waals surface area contributed by atoms with Gasteiger partial charge in [0.2, 0.25) is 5.91 Å². The number of nitrogens with two attached hydrogens (primary N) is 1. The monoisotopic (exact) mass is 271 g/mol. The van der Waals surface area contributed by atoms with E-state index >= 15 is 0 Å². The van der Waals surface area contributed by atoms with Crippen LogP contribution in [-0.2, 0) is 4.79 Å². The second-order valence-corrected chi connectivity index (χ2v) is 5.72. The zero-order valence-corrected chi connectivity index (χ0v) is 12.5. The summed E-state index contributed by atoms with van der Waals surface area (Å²) in [5, 5.41) is 3.04. The molecule has 1 saturated heterocycles. The lowest BCUT2D eigenvalue weighted by atomic mass is 9.81. The van der Waals surface area contributed by atoms with Crippen LogP contribution in [0.2, 0.25) is 0 Å². The van der Waals surface area contributed by atoms with Crippen LogP contribution in [0, 0.1) is 11.3 Å². The summed E-state index contributed by atoms with van der Waals surface area (Å²) < 4.78 is 0. The van der Waals surface area contributed by atoms with Gasteiger partial charge >= 0.3 is 0 Å². The highest BCUT2D eigenvalue weighted by Gasteiger charge is 2.38. The van der Waals surface area contributed by atoms with Crippen molar-refractivity contribution in [3.63, 3.8) is 0 Å². The number of likely N-dealkylation sites (tertiary alicyclic amines) is 1. The molecule has 1 fully saturated rings. The summed E-state index contributed by atoms with van der Waals surface area (Å²) in [6.45, 7) is 6.83. The molecule has 0 spiro atoms. The largest absolute Gasteiger partial charge is 0.392 e. The molecule has 104 valence electrons. The number of rotatable bonds is 6. The van der Waals surface area contributed by atoms with Gasteiger partial charge in [-0.3, -0.25) is 4.79 Å². The maximum Gasteiger partial charge on any atom is 0.233 e. The summed E-state index contributed by atoms with van der Waals surface area (Å²) in [4.78, 5) is 14.9. The van der Waals surface area contributed by atoms with Crippen molar-refractivity contribution in [2.45, 2.75) is 33.1 Å². The van der Waals surface area contributed by atoms with E-state index in [0.29, 0.717) is 23.7 Å². The summed E-state index contributed by atoms with van der Waals surface area (Å²) in [5.41, 5.74) is 5.09. The molecule has 1 atom stereocenters. The fourth-order valence-corrected chi connectivity index (χ4v) is 3.01. The van der Waals surface area contributed by atoms with Gasteiger partial charge < -0.3 is 16.0 Å². The minimum atomic E-state index is -0.667. The van der Waals surface area contributed by atoms with Crippen molar-refractivity contribution in [3.8, 4) is 0 Å².